The van der Waals surface area contributed by atoms with E-state index in [-0.39, 0.29) is 5.56 Å². The Labute approximate surface area is 97.4 Å². The van der Waals surface area contributed by atoms with E-state index in [0.29, 0.717) is 12.4 Å². The number of aromatic amines is 1. The number of nitrogens with one attached hydrogen (secondary N) is 2. The Hall–Kier alpha value is -1.62. The lowest BCUT2D eigenvalue weighted by molar-refractivity contribution is 1.04. The van der Waals surface area contributed by atoms with Gasteiger partial charge in [0.05, 0.1) is 6.54 Å². The van der Waals surface area contributed by atoms with Gasteiger partial charge in [-0.2, -0.15) is 0 Å². The van der Waals surface area contributed by atoms with Crippen molar-refractivity contribution in [3.8, 4) is 0 Å². The summed E-state index contributed by atoms with van der Waals surface area (Å²) in [5.41, 5.74) is 1.14. The molecule has 2 N–H and O–H groups in total. The lowest BCUT2D eigenvalue weighted by atomic mass is 10.2. The van der Waals surface area contributed by atoms with Crippen molar-refractivity contribution in [3.63, 3.8) is 0 Å². The van der Waals surface area contributed by atoms with Crippen molar-refractivity contribution in [1.82, 2.24) is 9.97 Å². The molecule has 2 aromatic heterocycles. The first kappa shape index (κ1) is 10.9. The van der Waals surface area contributed by atoms with Crippen molar-refractivity contribution in [2.75, 3.05) is 5.32 Å². The Morgan fingerprint density at radius 1 is 1.56 bits per heavy atom. The predicted molar refractivity (Wildman–Crippen MR) is 65.9 cm³/mol. The molecule has 0 atom stereocenters. The third kappa shape index (κ3) is 2.30. The number of thiophene rings is 1. The minimum atomic E-state index is -0.183. The minimum Gasteiger partial charge on any atom is -0.361 e. The topological polar surface area (TPSA) is 57.8 Å². The second kappa shape index (κ2) is 4.94. The Balaban J connectivity index is 2.08. The van der Waals surface area contributed by atoms with Crippen LogP contribution in [-0.2, 0) is 13.0 Å². The quantitative estimate of drug-likeness (QED) is 0.852. The summed E-state index contributed by atoms with van der Waals surface area (Å²) in [5.74, 6) is 0.373. The number of H-pyrrole nitrogens is 1. The summed E-state index contributed by atoms with van der Waals surface area (Å²) in [5, 5.41) is 5.11. The molecule has 5 heteroatoms. The van der Waals surface area contributed by atoms with Gasteiger partial charge < -0.3 is 10.3 Å². The second-order valence-electron chi connectivity index (χ2n) is 3.34. The van der Waals surface area contributed by atoms with E-state index < -0.39 is 0 Å². The first-order chi connectivity index (χ1) is 7.81. The van der Waals surface area contributed by atoms with Crippen molar-refractivity contribution in [2.24, 2.45) is 0 Å². The van der Waals surface area contributed by atoms with Crippen LogP contribution in [0.4, 0.5) is 5.82 Å². The van der Waals surface area contributed by atoms with Crippen LogP contribution < -0.4 is 10.9 Å². The molecule has 0 saturated heterocycles. The molecule has 16 heavy (non-hydrogen) atoms. The third-order valence-corrected chi connectivity index (χ3v) is 3.31. The van der Waals surface area contributed by atoms with Gasteiger partial charge in [0.25, 0.3) is 5.56 Å². The molecule has 0 spiro atoms. The summed E-state index contributed by atoms with van der Waals surface area (Å²) in [4.78, 5) is 19.2. The molecule has 4 nitrogen and oxygen atoms in total. The molecule has 0 radical (unpaired) electrons. The van der Waals surface area contributed by atoms with E-state index in [9.17, 15) is 4.79 Å². The zero-order valence-corrected chi connectivity index (χ0v) is 9.80. The number of aromatic nitrogens is 2. The summed E-state index contributed by atoms with van der Waals surface area (Å²) in [7, 11) is 0. The number of rotatable bonds is 4. The standard InChI is InChI=1S/C11H13N3OS/c1-2-8-3-6-16-9(8)7-14-10-11(15)13-5-4-12-10/h3-6H,2,7H2,1H3,(H,12,14)(H,13,15). The average Bonchev–Trinajstić information content (AvgIpc) is 2.75. The van der Waals surface area contributed by atoms with E-state index in [1.807, 2.05) is 0 Å². The summed E-state index contributed by atoms with van der Waals surface area (Å²) < 4.78 is 0. The molecule has 0 aromatic carbocycles. The molecule has 2 rings (SSSR count). The van der Waals surface area contributed by atoms with E-state index in [2.05, 4.69) is 33.7 Å². The molecule has 2 aromatic rings. The smallest absolute Gasteiger partial charge is 0.290 e. The van der Waals surface area contributed by atoms with Crippen molar-refractivity contribution in [2.45, 2.75) is 19.9 Å². The summed E-state index contributed by atoms with van der Waals surface area (Å²) in [6.45, 7) is 2.78. The summed E-state index contributed by atoms with van der Waals surface area (Å²) in [6, 6.07) is 2.12. The van der Waals surface area contributed by atoms with E-state index in [4.69, 9.17) is 0 Å². The van der Waals surface area contributed by atoms with Gasteiger partial charge in [0, 0.05) is 17.3 Å². The van der Waals surface area contributed by atoms with Crippen molar-refractivity contribution >= 4 is 17.2 Å². The molecular formula is C11H13N3OS. The zero-order valence-electron chi connectivity index (χ0n) is 8.99. The highest BCUT2D eigenvalue weighted by molar-refractivity contribution is 7.10. The minimum absolute atomic E-state index is 0.183. The van der Waals surface area contributed by atoms with Crippen LogP contribution >= 0.6 is 11.3 Å². The molecule has 0 aliphatic rings. The van der Waals surface area contributed by atoms with Crippen molar-refractivity contribution in [3.05, 3.63) is 44.6 Å². The molecule has 0 aliphatic heterocycles. The fourth-order valence-corrected chi connectivity index (χ4v) is 2.39. The van der Waals surface area contributed by atoms with E-state index in [1.165, 1.54) is 16.6 Å². The van der Waals surface area contributed by atoms with Crippen LogP contribution in [0.2, 0.25) is 0 Å². The van der Waals surface area contributed by atoms with Crippen molar-refractivity contribution in [1.29, 1.82) is 0 Å². The van der Waals surface area contributed by atoms with Crippen LogP contribution in [0.25, 0.3) is 0 Å². The van der Waals surface area contributed by atoms with E-state index >= 15 is 0 Å². The molecule has 0 bridgehead atoms. The maximum atomic E-state index is 11.4. The van der Waals surface area contributed by atoms with E-state index in [0.717, 1.165) is 6.42 Å². The fraction of sp³-hybridized carbons (Fsp3) is 0.273. The SMILES string of the molecule is CCc1ccsc1CNc1ncc[nH]c1=O. The first-order valence-electron chi connectivity index (χ1n) is 5.14. The predicted octanol–water partition coefficient (Wildman–Crippen LogP) is 2.01. The lowest BCUT2D eigenvalue weighted by Gasteiger charge is -2.04. The molecule has 0 unspecified atom stereocenters. The normalized spacial score (nSPS) is 10.3. The van der Waals surface area contributed by atoms with Crippen LogP contribution in [0.5, 0.6) is 0 Å². The van der Waals surface area contributed by atoms with Crippen molar-refractivity contribution < 1.29 is 0 Å². The summed E-state index contributed by atoms with van der Waals surface area (Å²) >= 11 is 1.70. The van der Waals surface area contributed by atoms with Gasteiger partial charge in [-0.05, 0) is 23.4 Å². The van der Waals surface area contributed by atoms with E-state index in [1.54, 1.807) is 17.5 Å². The van der Waals surface area contributed by atoms with Crippen LogP contribution in [0.15, 0.2) is 28.6 Å². The molecular weight excluding hydrogens is 222 g/mol. The lowest BCUT2D eigenvalue weighted by Crippen LogP contribution is -2.15. The summed E-state index contributed by atoms with van der Waals surface area (Å²) in [6.07, 6.45) is 4.11. The molecule has 2 heterocycles. The maximum Gasteiger partial charge on any atom is 0.290 e. The Kier molecular flexibility index (Phi) is 3.36. The van der Waals surface area contributed by atoms with Gasteiger partial charge in [-0.15, -0.1) is 11.3 Å². The third-order valence-electron chi connectivity index (χ3n) is 2.34. The molecule has 0 amide bonds. The van der Waals surface area contributed by atoms with Gasteiger partial charge in [0.15, 0.2) is 5.82 Å². The van der Waals surface area contributed by atoms with Gasteiger partial charge in [0.2, 0.25) is 0 Å². The molecule has 0 fully saturated rings. The monoisotopic (exact) mass is 235 g/mol. The molecule has 84 valence electrons. The van der Waals surface area contributed by atoms with Gasteiger partial charge in [-0.1, -0.05) is 6.92 Å². The van der Waals surface area contributed by atoms with Crippen LogP contribution in [-0.4, -0.2) is 9.97 Å². The average molecular weight is 235 g/mol. The van der Waals surface area contributed by atoms with Crippen LogP contribution in [0, 0.1) is 0 Å². The second-order valence-corrected chi connectivity index (χ2v) is 4.34. The number of nitrogens with zero attached hydrogens (tertiary/aromatic N) is 1. The number of hydrogen-bond donors (Lipinski definition) is 2. The number of anilines is 1. The highest BCUT2D eigenvalue weighted by Gasteiger charge is 2.04. The van der Waals surface area contributed by atoms with Gasteiger partial charge in [0.1, 0.15) is 0 Å². The zero-order chi connectivity index (χ0) is 11.4. The van der Waals surface area contributed by atoms with Crippen LogP contribution in [0.3, 0.4) is 0 Å². The highest BCUT2D eigenvalue weighted by Crippen LogP contribution is 2.17. The largest absolute Gasteiger partial charge is 0.361 e. The van der Waals surface area contributed by atoms with Gasteiger partial charge >= 0.3 is 0 Å². The Morgan fingerprint density at radius 2 is 2.44 bits per heavy atom. The Morgan fingerprint density at radius 3 is 3.19 bits per heavy atom. The fourth-order valence-electron chi connectivity index (χ4n) is 1.48. The van der Waals surface area contributed by atoms with Crippen LogP contribution in [0.1, 0.15) is 17.4 Å². The first-order valence-corrected chi connectivity index (χ1v) is 6.02. The maximum absolute atomic E-state index is 11.4. The molecule has 0 aliphatic carbocycles. The molecule has 0 saturated carbocycles. The Bertz CT molecular complexity index is 518. The highest BCUT2D eigenvalue weighted by atomic mass is 32.1. The van der Waals surface area contributed by atoms with Gasteiger partial charge in [-0.3, -0.25) is 4.79 Å². The van der Waals surface area contributed by atoms with Gasteiger partial charge in [-0.25, -0.2) is 4.98 Å². The number of hydrogen-bond acceptors (Lipinski definition) is 4. The number of aryl methyl sites for hydroxylation is 1.